The highest BCUT2D eigenvalue weighted by Crippen LogP contribution is 2.40. The van der Waals surface area contributed by atoms with Gasteiger partial charge < -0.3 is 5.11 Å². The van der Waals surface area contributed by atoms with Gasteiger partial charge in [-0.3, -0.25) is 9.63 Å². The molecule has 2 rings (SSSR count). The zero-order valence-electron chi connectivity index (χ0n) is 16.0. The zero-order valence-corrected chi connectivity index (χ0v) is 16.0. The van der Waals surface area contributed by atoms with E-state index in [1.54, 1.807) is 7.05 Å². The molecule has 132 valence electrons. The molecule has 1 N–H and O–H groups in total. The average Bonchev–Trinajstić information content (AvgIpc) is 2.64. The smallest absolute Gasteiger partial charge is 0.275 e. The number of phenolic OH excluding ortho intramolecular Hbond substituents is 1. The molecule has 1 fully saturated rings. The summed E-state index contributed by atoms with van der Waals surface area (Å²) in [5.41, 5.74) is 2.91. The van der Waals surface area contributed by atoms with Crippen LogP contribution in [0.1, 0.15) is 65.2 Å². The molecular formula is C20H29NO3. The fourth-order valence-corrected chi connectivity index (χ4v) is 2.94. The summed E-state index contributed by atoms with van der Waals surface area (Å²) in [5.74, 6) is 0.224. The minimum absolute atomic E-state index is 0.120. The van der Waals surface area contributed by atoms with E-state index in [1.165, 1.54) is 5.06 Å². The van der Waals surface area contributed by atoms with Gasteiger partial charge in [-0.25, -0.2) is 5.06 Å². The summed E-state index contributed by atoms with van der Waals surface area (Å²) in [6.45, 7) is 14.3. The Morgan fingerprint density at radius 2 is 1.54 bits per heavy atom. The van der Waals surface area contributed by atoms with Crippen molar-refractivity contribution in [2.45, 2.75) is 65.4 Å². The molecule has 24 heavy (non-hydrogen) atoms. The molecule has 1 unspecified atom stereocenters. The molecule has 0 aromatic heterocycles. The molecule has 0 bridgehead atoms. The van der Waals surface area contributed by atoms with Crippen LogP contribution in [0.2, 0.25) is 0 Å². The van der Waals surface area contributed by atoms with Crippen LogP contribution in [0.25, 0.3) is 6.08 Å². The minimum atomic E-state index is -0.271. The van der Waals surface area contributed by atoms with Crippen molar-refractivity contribution >= 4 is 12.0 Å². The number of aromatic hydroxyl groups is 1. The number of hydrogen-bond acceptors (Lipinski definition) is 3. The number of amides is 1. The Bertz CT molecular complexity index is 655. The first kappa shape index (κ1) is 18.5. The number of hydrogen-bond donors (Lipinski definition) is 1. The van der Waals surface area contributed by atoms with Crippen LogP contribution in [0.4, 0.5) is 0 Å². The number of rotatable bonds is 1. The van der Waals surface area contributed by atoms with Crippen LogP contribution >= 0.6 is 0 Å². The number of carbonyl (C=O) groups is 1. The zero-order chi connectivity index (χ0) is 18.4. The molecule has 0 spiro atoms. The number of hydroxylamine groups is 2. The van der Waals surface area contributed by atoms with E-state index in [4.69, 9.17) is 4.84 Å². The van der Waals surface area contributed by atoms with Crippen molar-refractivity contribution in [1.82, 2.24) is 5.06 Å². The SMILES string of the molecule is CC1ON(C)C(=O)/C1=C/c1cc(C(C)(C)C)c(O)c(C(C)(C)C)c1. The predicted octanol–water partition coefficient (Wildman–Crippen LogP) is 4.16. The average molecular weight is 331 g/mol. The third-order valence-electron chi connectivity index (χ3n) is 4.36. The van der Waals surface area contributed by atoms with Gasteiger partial charge >= 0.3 is 0 Å². The summed E-state index contributed by atoms with van der Waals surface area (Å²) < 4.78 is 0. The monoisotopic (exact) mass is 331 g/mol. The largest absolute Gasteiger partial charge is 0.507 e. The lowest BCUT2D eigenvalue weighted by atomic mass is 9.78. The maximum atomic E-state index is 12.2. The quantitative estimate of drug-likeness (QED) is 0.786. The van der Waals surface area contributed by atoms with Gasteiger partial charge in [-0.15, -0.1) is 0 Å². The lowest BCUT2D eigenvalue weighted by Gasteiger charge is -2.28. The molecule has 1 aliphatic heterocycles. The Morgan fingerprint density at radius 3 is 1.88 bits per heavy atom. The molecule has 1 atom stereocenters. The third-order valence-corrected chi connectivity index (χ3v) is 4.36. The van der Waals surface area contributed by atoms with E-state index >= 15 is 0 Å². The Kier molecular flexibility index (Phi) is 4.57. The number of benzene rings is 1. The van der Waals surface area contributed by atoms with Gasteiger partial charge in [0.1, 0.15) is 11.9 Å². The minimum Gasteiger partial charge on any atom is -0.507 e. The number of likely N-dealkylation sites (N-methyl/N-ethyl adjacent to an activating group) is 1. The topological polar surface area (TPSA) is 49.8 Å². The van der Waals surface area contributed by atoms with Crippen LogP contribution in [-0.2, 0) is 20.5 Å². The Balaban J connectivity index is 2.66. The van der Waals surface area contributed by atoms with Gasteiger partial charge in [-0.2, -0.15) is 0 Å². The maximum Gasteiger partial charge on any atom is 0.275 e. The van der Waals surface area contributed by atoms with Crippen molar-refractivity contribution in [1.29, 1.82) is 0 Å². The third kappa shape index (κ3) is 3.48. The molecule has 4 heteroatoms. The van der Waals surface area contributed by atoms with Crippen molar-refractivity contribution in [3.8, 4) is 5.75 Å². The van der Waals surface area contributed by atoms with Gasteiger partial charge in [-0.1, -0.05) is 41.5 Å². The van der Waals surface area contributed by atoms with E-state index < -0.39 is 0 Å². The lowest BCUT2D eigenvalue weighted by molar-refractivity contribution is -0.162. The van der Waals surface area contributed by atoms with Gasteiger partial charge in [0.05, 0.1) is 5.57 Å². The molecular weight excluding hydrogens is 302 g/mol. The van der Waals surface area contributed by atoms with Crippen LogP contribution < -0.4 is 0 Å². The first-order valence-electron chi connectivity index (χ1n) is 8.36. The summed E-state index contributed by atoms with van der Waals surface area (Å²) in [5, 5.41) is 12.0. The maximum absolute atomic E-state index is 12.2. The second-order valence-corrected chi connectivity index (χ2v) is 8.61. The van der Waals surface area contributed by atoms with Crippen molar-refractivity contribution in [2.75, 3.05) is 7.05 Å². The van der Waals surface area contributed by atoms with Crippen molar-refractivity contribution in [2.24, 2.45) is 0 Å². The molecule has 1 saturated heterocycles. The second kappa shape index (κ2) is 5.92. The van der Waals surface area contributed by atoms with E-state index in [-0.39, 0.29) is 22.8 Å². The number of nitrogens with zero attached hydrogens (tertiary/aromatic N) is 1. The van der Waals surface area contributed by atoms with Crippen LogP contribution in [0.15, 0.2) is 17.7 Å². The lowest BCUT2D eigenvalue weighted by Crippen LogP contribution is -2.18. The summed E-state index contributed by atoms with van der Waals surface area (Å²) in [4.78, 5) is 17.7. The fraction of sp³-hybridized carbons (Fsp3) is 0.550. The summed E-state index contributed by atoms with van der Waals surface area (Å²) in [7, 11) is 1.62. The Labute approximate surface area is 145 Å². The predicted molar refractivity (Wildman–Crippen MR) is 96.8 cm³/mol. The summed E-state index contributed by atoms with van der Waals surface area (Å²) in [6.07, 6.45) is 1.60. The molecule has 1 aliphatic rings. The van der Waals surface area contributed by atoms with Gasteiger partial charge in [0.25, 0.3) is 5.91 Å². The van der Waals surface area contributed by atoms with E-state index in [2.05, 4.69) is 41.5 Å². The normalized spacial score (nSPS) is 21.0. The number of phenols is 1. The standard InChI is InChI=1S/C20H29NO3/c1-12-14(18(23)21(8)24-12)9-13-10-15(19(2,3)4)17(22)16(11-13)20(5,6)7/h9-12,22H,1-8H3/b14-9+. The Hall–Kier alpha value is -1.81. The molecule has 1 heterocycles. The summed E-state index contributed by atoms with van der Waals surface area (Å²) >= 11 is 0. The molecule has 1 aromatic carbocycles. The van der Waals surface area contributed by atoms with Crippen molar-refractivity contribution < 1.29 is 14.7 Å². The molecule has 4 nitrogen and oxygen atoms in total. The van der Waals surface area contributed by atoms with Crippen LogP contribution in [0.3, 0.4) is 0 Å². The highest BCUT2D eigenvalue weighted by atomic mass is 16.7. The van der Waals surface area contributed by atoms with Gasteiger partial charge in [0, 0.05) is 18.2 Å². The van der Waals surface area contributed by atoms with E-state index in [0.29, 0.717) is 11.3 Å². The van der Waals surface area contributed by atoms with E-state index in [9.17, 15) is 9.90 Å². The first-order chi connectivity index (χ1) is 10.8. The van der Waals surface area contributed by atoms with Crippen LogP contribution in [0.5, 0.6) is 5.75 Å². The second-order valence-electron chi connectivity index (χ2n) is 8.61. The van der Waals surface area contributed by atoms with Gasteiger partial charge in [0.15, 0.2) is 0 Å². The van der Waals surface area contributed by atoms with Crippen LogP contribution in [-0.4, -0.2) is 29.2 Å². The van der Waals surface area contributed by atoms with Crippen molar-refractivity contribution in [3.05, 3.63) is 34.4 Å². The first-order valence-corrected chi connectivity index (χ1v) is 8.36. The Morgan fingerprint density at radius 1 is 1.08 bits per heavy atom. The summed E-state index contributed by atoms with van der Waals surface area (Å²) in [6, 6.07) is 3.94. The molecule has 0 radical (unpaired) electrons. The molecule has 0 saturated carbocycles. The highest BCUT2D eigenvalue weighted by Gasteiger charge is 2.32. The molecule has 1 amide bonds. The van der Waals surface area contributed by atoms with Crippen molar-refractivity contribution in [3.63, 3.8) is 0 Å². The molecule has 0 aliphatic carbocycles. The number of carbonyl (C=O) groups excluding carboxylic acids is 1. The van der Waals surface area contributed by atoms with Gasteiger partial charge in [-0.05, 0) is 41.5 Å². The van der Waals surface area contributed by atoms with E-state index in [0.717, 1.165) is 16.7 Å². The fourth-order valence-electron chi connectivity index (χ4n) is 2.94. The molecule has 1 aromatic rings. The highest BCUT2D eigenvalue weighted by molar-refractivity contribution is 5.99. The van der Waals surface area contributed by atoms with Crippen LogP contribution in [0, 0.1) is 0 Å². The van der Waals surface area contributed by atoms with E-state index in [1.807, 2.05) is 25.1 Å². The van der Waals surface area contributed by atoms with Gasteiger partial charge in [0.2, 0.25) is 0 Å².